The normalized spacial score (nSPS) is 6.50. The van der Waals surface area contributed by atoms with Crippen LogP contribution in [-0.2, 0) is 4.79 Å². The van der Waals surface area contributed by atoms with E-state index in [1.165, 1.54) is 6.92 Å². The Morgan fingerprint density at radius 1 is 2.00 bits per heavy atom. The molecule has 0 fully saturated rings. The molecule has 0 aliphatic heterocycles. The van der Waals surface area contributed by atoms with Crippen molar-refractivity contribution in [2.75, 3.05) is 5.75 Å². The van der Waals surface area contributed by atoms with Crippen molar-refractivity contribution in [1.29, 1.82) is 5.26 Å². The SMILES string of the molecule is CC(=O)SCC#N.[H-].[K+]. The maximum atomic E-state index is 10.0. The van der Waals surface area contributed by atoms with Gasteiger partial charge in [-0.25, -0.2) is 0 Å². The second kappa shape index (κ2) is 8.15. The number of rotatable bonds is 1. The van der Waals surface area contributed by atoms with Crippen LogP contribution >= 0.6 is 11.8 Å². The summed E-state index contributed by atoms with van der Waals surface area (Å²) in [6.07, 6.45) is 0. The topological polar surface area (TPSA) is 40.9 Å². The molecule has 0 unspecified atom stereocenters. The summed E-state index contributed by atoms with van der Waals surface area (Å²) in [6, 6.07) is 1.84. The summed E-state index contributed by atoms with van der Waals surface area (Å²) in [4.78, 5) is 10.0. The Morgan fingerprint density at radius 3 is 2.62 bits per heavy atom. The second-order valence-electron chi connectivity index (χ2n) is 0.938. The van der Waals surface area contributed by atoms with Gasteiger partial charge < -0.3 is 1.43 Å². The van der Waals surface area contributed by atoms with Gasteiger partial charge in [0.15, 0.2) is 5.12 Å². The minimum absolute atomic E-state index is 0. The quantitative estimate of drug-likeness (QED) is 0.408. The largest absolute Gasteiger partial charge is 1.00 e. The molecule has 0 aliphatic carbocycles. The van der Waals surface area contributed by atoms with E-state index in [2.05, 4.69) is 0 Å². The molecule has 0 heterocycles. The van der Waals surface area contributed by atoms with Crippen LogP contribution in [0.3, 0.4) is 0 Å². The van der Waals surface area contributed by atoms with Crippen LogP contribution in [0.15, 0.2) is 0 Å². The monoisotopic (exact) mass is 155 g/mol. The van der Waals surface area contributed by atoms with E-state index in [-0.39, 0.29) is 63.7 Å². The van der Waals surface area contributed by atoms with Gasteiger partial charge in [0, 0.05) is 6.92 Å². The third-order valence-corrected chi connectivity index (χ3v) is 1.02. The molecular formula is C4H6KNOS. The molecule has 4 heteroatoms. The van der Waals surface area contributed by atoms with Crippen LogP contribution in [0.5, 0.6) is 0 Å². The number of nitrogens with zero attached hydrogens (tertiary/aromatic N) is 1. The summed E-state index contributed by atoms with van der Waals surface area (Å²) in [7, 11) is 0. The van der Waals surface area contributed by atoms with Gasteiger partial charge in [0.2, 0.25) is 0 Å². The van der Waals surface area contributed by atoms with Crippen LogP contribution in [0.2, 0.25) is 0 Å². The first kappa shape index (κ1) is 11.9. The molecule has 0 aromatic carbocycles. The van der Waals surface area contributed by atoms with E-state index in [1.807, 2.05) is 6.07 Å². The standard InChI is InChI=1S/C4H5NOS.K.H/c1-4(6)7-3-2-5;;/h3H2,1H3;;/q;+1;-1. The first-order valence-electron chi connectivity index (χ1n) is 1.77. The molecular weight excluding hydrogens is 149 g/mol. The summed E-state index contributed by atoms with van der Waals surface area (Å²) in [5.74, 6) is 0.273. The fourth-order valence-electron chi connectivity index (χ4n) is 0.134. The van der Waals surface area contributed by atoms with E-state index in [9.17, 15) is 4.79 Å². The Morgan fingerprint density at radius 2 is 2.50 bits per heavy atom. The third kappa shape index (κ3) is 10.2. The van der Waals surface area contributed by atoms with Crippen molar-refractivity contribution in [1.82, 2.24) is 0 Å². The van der Waals surface area contributed by atoms with Crippen LogP contribution in [0.1, 0.15) is 8.35 Å². The number of nitriles is 1. The van der Waals surface area contributed by atoms with Gasteiger partial charge in [-0.15, -0.1) is 0 Å². The van der Waals surface area contributed by atoms with Gasteiger partial charge in [-0.1, -0.05) is 11.8 Å². The van der Waals surface area contributed by atoms with E-state index >= 15 is 0 Å². The molecule has 0 rings (SSSR count). The minimum Gasteiger partial charge on any atom is -1.00 e. The summed E-state index contributed by atoms with van der Waals surface area (Å²) in [6.45, 7) is 1.45. The van der Waals surface area contributed by atoms with Gasteiger partial charge in [-0.2, -0.15) is 5.26 Å². The fraction of sp³-hybridized carbons (Fsp3) is 0.500. The summed E-state index contributed by atoms with van der Waals surface area (Å²) in [5, 5.41) is 7.89. The molecule has 40 valence electrons. The number of carbonyl (C=O) groups excluding carboxylic acids is 1. The zero-order valence-corrected chi connectivity index (χ0v) is 8.91. The molecule has 0 aromatic heterocycles. The van der Waals surface area contributed by atoms with E-state index in [0.29, 0.717) is 0 Å². The number of thioether (sulfide) groups is 1. The predicted molar refractivity (Wildman–Crippen MR) is 29.9 cm³/mol. The Hall–Kier alpha value is 1.15. The van der Waals surface area contributed by atoms with E-state index in [1.54, 1.807) is 0 Å². The Labute approximate surface area is 96.9 Å². The van der Waals surface area contributed by atoms with E-state index < -0.39 is 0 Å². The summed E-state index contributed by atoms with van der Waals surface area (Å²) in [5.41, 5.74) is 0. The molecule has 0 amide bonds. The summed E-state index contributed by atoms with van der Waals surface area (Å²) < 4.78 is 0. The number of hydrogen-bond acceptors (Lipinski definition) is 3. The average Bonchev–Trinajstić information content (AvgIpc) is 1.61. The number of carbonyl (C=O) groups is 1. The van der Waals surface area contributed by atoms with Crippen LogP contribution in [-0.4, -0.2) is 10.9 Å². The third-order valence-electron chi connectivity index (χ3n) is 0.340. The maximum absolute atomic E-state index is 10.0. The zero-order valence-electron chi connectivity index (χ0n) is 5.97. The van der Waals surface area contributed by atoms with Gasteiger partial charge in [0.1, 0.15) is 0 Å². The molecule has 0 bridgehead atoms. The maximum Gasteiger partial charge on any atom is 1.00 e. The predicted octanol–water partition coefficient (Wildman–Crippen LogP) is -2.09. The first-order valence-corrected chi connectivity index (χ1v) is 2.76. The summed E-state index contributed by atoms with van der Waals surface area (Å²) >= 11 is 1.03. The van der Waals surface area contributed by atoms with Crippen molar-refractivity contribution >= 4 is 16.9 Å². The van der Waals surface area contributed by atoms with E-state index in [0.717, 1.165) is 11.8 Å². The molecule has 2 nitrogen and oxygen atoms in total. The second-order valence-corrected chi connectivity index (χ2v) is 2.09. The Kier molecular flexibility index (Phi) is 12.1. The van der Waals surface area contributed by atoms with Crippen molar-refractivity contribution in [3.8, 4) is 6.07 Å². The number of hydrogen-bond donors (Lipinski definition) is 0. The molecule has 0 aliphatic rings. The molecule has 0 radical (unpaired) electrons. The zero-order chi connectivity index (χ0) is 5.70. The molecule has 0 atom stereocenters. The van der Waals surface area contributed by atoms with Crippen LogP contribution < -0.4 is 51.4 Å². The molecule has 8 heavy (non-hydrogen) atoms. The Balaban J connectivity index is -0.000000180. The van der Waals surface area contributed by atoms with Crippen LogP contribution in [0.4, 0.5) is 0 Å². The molecule has 0 saturated heterocycles. The van der Waals surface area contributed by atoms with Gasteiger partial charge >= 0.3 is 51.4 Å². The van der Waals surface area contributed by atoms with Crippen molar-refractivity contribution in [2.45, 2.75) is 6.92 Å². The minimum atomic E-state index is 0. The molecule has 0 spiro atoms. The van der Waals surface area contributed by atoms with Crippen molar-refractivity contribution in [3.05, 3.63) is 0 Å². The van der Waals surface area contributed by atoms with Gasteiger partial charge in [0.25, 0.3) is 0 Å². The van der Waals surface area contributed by atoms with Gasteiger partial charge in [0.05, 0.1) is 11.8 Å². The van der Waals surface area contributed by atoms with Crippen molar-refractivity contribution in [3.63, 3.8) is 0 Å². The van der Waals surface area contributed by atoms with Gasteiger partial charge in [-0.05, 0) is 0 Å². The average molecular weight is 155 g/mol. The van der Waals surface area contributed by atoms with Crippen LogP contribution in [0.25, 0.3) is 0 Å². The van der Waals surface area contributed by atoms with Gasteiger partial charge in [-0.3, -0.25) is 4.79 Å². The van der Waals surface area contributed by atoms with Crippen LogP contribution in [0, 0.1) is 11.3 Å². The first-order chi connectivity index (χ1) is 3.27. The van der Waals surface area contributed by atoms with Crippen molar-refractivity contribution < 1.29 is 57.6 Å². The smallest absolute Gasteiger partial charge is 1.00 e. The molecule has 0 aromatic rings. The molecule has 0 saturated carbocycles. The fourth-order valence-corrected chi connectivity index (χ4v) is 0.402. The van der Waals surface area contributed by atoms with Crippen molar-refractivity contribution in [2.24, 2.45) is 0 Å². The van der Waals surface area contributed by atoms with E-state index in [4.69, 9.17) is 5.26 Å². The molecule has 0 N–H and O–H groups in total. The Bertz CT molecular complexity index is 114.